The van der Waals surface area contributed by atoms with Crippen LogP contribution >= 0.6 is 43.6 Å². The first-order valence-corrected chi connectivity index (χ1v) is 10.8. The van der Waals surface area contributed by atoms with Gasteiger partial charge in [0.05, 0.1) is 21.0 Å². The molecular weight excluding hydrogens is 524 g/mol. The van der Waals surface area contributed by atoms with E-state index in [0.717, 1.165) is 22.2 Å². The van der Waals surface area contributed by atoms with Gasteiger partial charge in [0.25, 0.3) is 11.1 Å². The molecule has 150 valence electrons. The highest BCUT2D eigenvalue weighted by Crippen LogP contribution is 2.37. The summed E-state index contributed by atoms with van der Waals surface area (Å²) < 4.78 is 6.67. The number of imide groups is 1. The minimum absolute atomic E-state index is 0.252. The van der Waals surface area contributed by atoms with Crippen LogP contribution in [0.3, 0.4) is 0 Å². The number of methoxy groups -OCH3 is 1. The molecule has 2 aromatic rings. The van der Waals surface area contributed by atoms with Gasteiger partial charge in [-0.05, 0) is 86.5 Å². The summed E-state index contributed by atoms with van der Waals surface area (Å²) in [6, 6.07) is 10.8. The van der Waals surface area contributed by atoms with E-state index in [1.54, 1.807) is 37.5 Å². The number of aryl methyl sites for hydroxylation is 1. The quantitative estimate of drug-likeness (QED) is 0.528. The number of benzene rings is 2. The number of halogens is 2. The van der Waals surface area contributed by atoms with E-state index >= 15 is 0 Å². The zero-order chi connectivity index (χ0) is 21.1. The maximum absolute atomic E-state index is 12.6. The Morgan fingerprint density at radius 3 is 2.38 bits per heavy atom. The van der Waals surface area contributed by atoms with Gasteiger partial charge in [-0.1, -0.05) is 17.7 Å². The average molecular weight is 540 g/mol. The molecule has 0 bridgehead atoms. The smallest absolute Gasteiger partial charge is 0.294 e. The molecule has 29 heavy (non-hydrogen) atoms. The third-order valence-corrected chi connectivity index (χ3v) is 6.12. The Balaban J connectivity index is 1.73. The number of nitrogens with zero attached hydrogens (tertiary/aromatic N) is 1. The summed E-state index contributed by atoms with van der Waals surface area (Å²) in [6.07, 6.45) is 1.61. The molecule has 2 aromatic carbocycles. The van der Waals surface area contributed by atoms with Crippen LogP contribution in [-0.2, 0) is 9.59 Å². The number of hydrogen-bond donors (Lipinski definition) is 1. The van der Waals surface area contributed by atoms with Gasteiger partial charge in [0, 0.05) is 5.69 Å². The van der Waals surface area contributed by atoms with Crippen LogP contribution in [0.5, 0.6) is 5.75 Å². The number of amides is 3. The SMILES string of the molecule is COc1c(Br)cc(/C=C2\SC(=O)N(CC(=O)Nc3ccc(C)cc3)C2=O)cc1Br. The van der Waals surface area contributed by atoms with E-state index in [2.05, 4.69) is 37.2 Å². The minimum atomic E-state index is -0.498. The van der Waals surface area contributed by atoms with Gasteiger partial charge < -0.3 is 10.1 Å². The van der Waals surface area contributed by atoms with Crippen molar-refractivity contribution in [1.29, 1.82) is 0 Å². The van der Waals surface area contributed by atoms with Crippen molar-refractivity contribution in [2.45, 2.75) is 6.92 Å². The van der Waals surface area contributed by atoms with Crippen molar-refractivity contribution in [3.63, 3.8) is 0 Å². The molecule has 3 amide bonds. The molecule has 1 aliphatic heterocycles. The Bertz CT molecular complexity index is 999. The molecule has 3 rings (SSSR count). The van der Waals surface area contributed by atoms with Crippen molar-refractivity contribution >= 4 is 72.4 Å². The van der Waals surface area contributed by atoms with Crippen molar-refractivity contribution < 1.29 is 19.1 Å². The molecule has 6 nitrogen and oxygen atoms in total. The predicted molar refractivity (Wildman–Crippen MR) is 121 cm³/mol. The molecule has 9 heteroatoms. The largest absolute Gasteiger partial charge is 0.494 e. The molecule has 1 aliphatic rings. The van der Waals surface area contributed by atoms with Crippen LogP contribution < -0.4 is 10.1 Å². The van der Waals surface area contributed by atoms with Crippen LogP contribution in [0.2, 0.25) is 0 Å². The van der Waals surface area contributed by atoms with Crippen molar-refractivity contribution in [3.05, 3.63) is 61.4 Å². The minimum Gasteiger partial charge on any atom is -0.494 e. The van der Waals surface area contributed by atoms with E-state index in [1.807, 2.05) is 19.1 Å². The summed E-state index contributed by atoms with van der Waals surface area (Å²) in [7, 11) is 1.55. The van der Waals surface area contributed by atoms with Gasteiger partial charge in [0.1, 0.15) is 12.3 Å². The molecule has 0 saturated carbocycles. The third-order valence-electron chi connectivity index (χ3n) is 4.03. The number of anilines is 1. The first kappa shape index (κ1) is 21.6. The van der Waals surface area contributed by atoms with Crippen LogP contribution in [0.25, 0.3) is 6.08 Å². The number of ether oxygens (including phenoxy) is 1. The molecule has 0 radical (unpaired) electrons. The third kappa shape index (κ3) is 5.09. The van der Waals surface area contributed by atoms with E-state index in [0.29, 0.717) is 25.9 Å². The van der Waals surface area contributed by atoms with E-state index < -0.39 is 17.1 Å². The molecule has 0 atom stereocenters. The molecule has 1 N–H and O–H groups in total. The molecule has 0 unspecified atom stereocenters. The molecule has 0 aliphatic carbocycles. The van der Waals surface area contributed by atoms with E-state index in [4.69, 9.17) is 4.74 Å². The van der Waals surface area contributed by atoms with Crippen LogP contribution in [0.1, 0.15) is 11.1 Å². The second-order valence-corrected chi connectivity index (χ2v) is 8.90. The second-order valence-electron chi connectivity index (χ2n) is 6.20. The van der Waals surface area contributed by atoms with Crippen LogP contribution in [0.15, 0.2) is 50.2 Å². The fourth-order valence-electron chi connectivity index (χ4n) is 2.63. The van der Waals surface area contributed by atoms with Gasteiger partial charge in [-0.3, -0.25) is 19.3 Å². The lowest BCUT2D eigenvalue weighted by atomic mass is 10.2. The molecule has 1 saturated heterocycles. The number of rotatable bonds is 5. The van der Waals surface area contributed by atoms with E-state index in [1.165, 1.54) is 0 Å². The van der Waals surface area contributed by atoms with Crippen LogP contribution in [0, 0.1) is 6.92 Å². The van der Waals surface area contributed by atoms with Gasteiger partial charge >= 0.3 is 0 Å². The summed E-state index contributed by atoms with van der Waals surface area (Å²) in [5.74, 6) is -0.308. The normalized spacial score (nSPS) is 15.2. The summed E-state index contributed by atoms with van der Waals surface area (Å²) in [5, 5.41) is 2.21. The molecular formula is C20H16Br2N2O4S. The highest BCUT2D eigenvalue weighted by molar-refractivity contribution is 9.11. The summed E-state index contributed by atoms with van der Waals surface area (Å²) >= 11 is 7.62. The molecule has 0 aromatic heterocycles. The highest BCUT2D eigenvalue weighted by atomic mass is 79.9. The lowest BCUT2D eigenvalue weighted by Gasteiger charge is -2.12. The maximum atomic E-state index is 12.6. The van der Waals surface area contributed by atoms with Crippen molar-refractivity contribution in [2.24, 2.45) is 0 Å². The highest BCUT2D eigenvalue weighted by Gasteiger charge is 2.36. The maximum Gasteiger partial charge on any atom is 0.294 e. The van der Waals surface area contributed by atoms with Gasteiger partial charge in [0.2, 0.25) is 5.91 Å². The second kappa shape index (κ2) is 9.15. The topological polar surface area (TPSA) is 75.7 Å². The summed E-state index contributed by atoms with van der Waals surface area (Å²) in [6.45, 7) is 1.60. The molecule has 1 fully saturated rings. The Kier molecular flexibility index (Phi) is 6.81. The average Bonchev–Trinajstić information content (AvgIpc) is 2.91. The van der Waals surface area contributed by atoms with Crippen LogP contribution in [0.4, 0.5) is 10.5 Å². The summed E-state index contributed by atoms with van der Waals surface area (Å²) in [5.41, 5.74) is 2.38. The van der Waals surface area contributed by atoms with Crippen molar-refractivity contribution in [1.82, 2.24) is 4.90 Å². The molecule has 1 heterocycles. The number of carbonyl (C=O) groups excluding carboxylic acids is 3. The Labute approximate surface area is 188 Å². The van der Waals surface area contributed by atoms with Crippen molar-refractivity contribution in [3.8, 4) is 5.75 Å². The fourth-order valence-corrected chi connectivity index (χ4v) is 5.01. The first-order valence-electron chi connectivity index (χ1n) is 8.43. The van der Waals surface area contributed by atoms with Crippen LogP contribution in [-0.4, -0.2) is 35.6 Å². The van der Waals surface area contributed by atoms with E-state index in [9.17, 15) is 14.4 Å². The first-order chi connectivity index (χ1) is 13.8. The Hall–Kier alpha value is -2.10. The predicted octanol–water partition coefficient (Wildman–Crippen LogP) is 5.20. The van der Waals surface area contributed by atoms with Gasteiger partial charge in [-0.25, -0.2) is 0 Å². The summed E-state index contributed by atoms with van der Waals surface area (Å²) in [4.78, 5) is 38.3. The van der Waals surface area contributed by atoms with Crippen molar-refractivity contribution in [2.75, 3.05) is 19.0 Å². The van der Waals surface area contributed by atoms with Gasteiger partial charge in [-0.2, -0.15) is 0 Å². The Morgan fingerprint density at radius 1 is 1.17 bits per heavy atom. The Morgan fingerprint density at radius 2 is 1.79 bits per heavy atom. The lowest BCUT2D eigenvalue weighted by Crippen LogP contribution is -2.36. The number of hydrogen-bond acceptors (Lipinski definition) is 5. The lowest BCUT2D eigenvalue weighted by molar-refractivity contribution is -0.127. The zero-order valence-electron chi connectivity index (χ0n) is 15.5. The number of thioether (sulfide) groups is 1. The number of nitrogens with one attached hydrogen (secondary N) is 1. The van der Waals surface area contributed by atoms with Gasteiger partial charge in [0.15, 0.2) is 0 Å². The fraction of sp³-hybridized carbons (Fsp3) is 0.150. The standard InChI is InChI=1S/C20H16Br2N2O4S/c1-11-3-5-13(6-4-11)23-17(25)10-24-19(26)16(29-20(24)27)9-12-7-14(21)18(28-2)15(22)8-12/h3-9H,10H2,1-2H3,(H,23,25)/b16-9-. The number of carbonyl (C=O) groups is 3. The van der Waals surface area contributed by atoms with Gasteiger partial charge in [-0.15, -0.1) is 0 Å². The zero-order valence-corrected chi connectivity index (χ0v) is 19.5. The van der Waals surface area contributed by atoms with E-state index in [-0.39, 0.29) is 11.4 Å². The monoisotopic (exact) mass is 538 g/mol. The molecule has 0 spiro atoms.